The summed E-state index contributed by atoms with van der Waals surface area (Å²) in [6.45, 7) is 0.653. The molecule has 0 radical (unpaired) electrons. The highest BCUT2D eigenvalue weighted by Gasteiger charge is 2.29. The van der Waals surface area contributed by atoms with Gasteiger partial charge in [0.2, 0.25) is 0 Å². The van der Waals surface area contributed by atoms with Crippen LogP contribution in [-0.4, -0.2) is 24.1 Å². The molecular weight excluding hydrogens is 268 g/mol. The third-order valence-corrected chi connectivity index (χ3v) is 5.15. The molecule has 2 unspecified atom stereocenters. The molecule has 0 saturated heterocycles. The summed E-state index contributed by atoms with van der Waals surface area (Å²) in [5, 5.41) is 4.56. The van der Waals surface area contributed by atoms with Gasteiger partial charge in [0, 0.05) is 18.6 Å². The Hall–Kier alpha value is -1.00. The number of rotatable bonds is 3. The number of nitrogens with zero attached hydrogens (tertiary/aromatic N) is 1. The molecule has 1 saturated carbocycles. The van der Waals surface area contributed by atoms with Crippen molar-refractivity contribution in [2.24, 2.45) is 10.9 Å². The van der Waals surface area contributed by atoms with Crippen molar-refractivity contribution in [1.82, 2.24) is 0 Å². The molecule has 1 heterocycles. The Kier molecular flexibility index (Phi) is 4.63. The van der Waals surface area contributed by atoms with Gasteiger partial charge in [-0.25, -0.2) is 0 Å². The molecule has 1 fully saturated rings. The summed E-state index contributed by atoms with van der Waals surface area (Å²) in [7, 11) is 1.73. The van der Waals surface area contributed by atoms with Gasteiger partial charge < -0.3 is 10.1 Å². The van der Waals surface area contributed by atoms with E-state index in [0.717, 1.165) is 16.8 Å². The standard InChI is InChI=1S/C16H22N2OS/c1-19-10-12-5-4-7-14(9-12)17-16-18-15-8-3-2-6-13(15)11-20-16/h4-5,7,9,13,15H,2-3,6,8,10-11H2,1H3,(H,17,18). The van der Waals surface area contributed by atoms with E-state index in [2.05, 4.69) is 29.6 Å². The molecule has 1 aliphatic carbocycles. The minimum atomic E-state index is 0.551. The third kappa shape index (κ3) is 3.36. The number of hydrogen-bond acceptors (Lipinski definition) is 4. The van der Waals surface area contributed by atoms with Crippen molar-refractivity contribution < 1.29 is 4.74 Å². The molecule has 1 N–H and O–H groups in total. The second kappa shape index (κ2) is 6.64. The lowest BCUT2D eigenvalue weighted by molar-refractivity contribution is 0.185. The van der Waals surface area contributed by atoms with E-state index in [1.165, 1.54) is 37.0 Å². The van der Waals surface area contributed by atoms with Crippen LogP contribution in [-0.2, 0) is 11.3 Å². The van der Waals surface area contributed by atoms with Gasteiger partial charge >= 0.3 is 0 Å². The molecule has 0 amide bonds. The van der Waals surface area contributed by atoms with Crippen LogP contribution in [0.3, 0.4) is 0 Å². The summed E-state index contributed by atoms with van der Waals surface area (Å²) < 4.78 is 5.18. The van der Waals surface area contributed by atoms with Crippen LogP contribution < -0.4 is 5.32 Å². The number of amidine groups is 1. The highest BCUT2D eigenvalue weighted by atomic mass is 32.2. The molecule has 3 rings (SSSR count). The van der Waals surface area contributed by atoms with Crippen LogP contribution in [0.15, 0.2) is 29.3 Å². The molecule has 0 aromatic heterocycles. The molecule has 2 aliphatic rings. The molecule has 3 nitrogen and oxygen atoms in total. The van der Waals surface area contributed by atoms with Crippen LogP contribution in [0.1, 0.15) is 31.2 Å². The van der Waals surface area contributed by atoms with E-state index >= 15 is 0 Å². The maximum Gasteiger partial charge on any atom is 0.161 e. The zero-order chi connectivity index (χ0) is 13.8. The van der Waals surface area contributed by atoms with Crippen molar-refractivity contribution in [3.63, 3.8) is 0 Å². The summed E-state index contributed by atoms with van der Waals surface area (Å²) in [6, 6.07) is 8.93. The molecule has 1 aromatic rings. The Bertz CT molecular complexity index is 489. The van der Waals surface area contributed by atoms with Crippen molar-refractivity contribution in [3.05, 3.63) is 29.8 Å². The molecule has 0 bridgehead atoms. The van der Waals surface area contributed by atoms with Crippen LogP contribution in [0.25, 0.3) is 0 Å². The van der Waals surface area contributed by atoms with Crippen molar-refractivity contribution in [3.8, 4) is 0 Å². The van der Waals surface area contributed by atoms with E-state index in [1.54, 1.807) is 7.11 Å². The summed E-state index contributed by atoms with van der Waals surface area (Å²) in [6.07, 6.45) is 5.35. The van der Waals surface area contributed by atoms with Gasteiger partial charge in [-0.1, -0.05) is 36.7 Å². The van der Waals surface area contributed by atoms with Crippen LogP contribution in [0.2, 0.25) is 0 Å². The second-order valence-corrected chi connectivity index (χ2v) is 6.62. The number of ether oxygens (including phenoxy) is 1. The Balaban J connectivity index is 1.68. The van der Waals surface area contributed by atoms with Crippen LogP contribution in [0, 0.1) is 5.92 Å². The quantitative estimate of drug-likeness (QED) is 0.916. The maximum atomic E-state index is 5.18. The van der Waals surface area contributed by atoms with E-state index in [-0.39, 0.29) is 0 Å². The predicted molar refractivity (Wildman–Crippen MR) is 86.4 cm³/mol. The molecule has 2 atom stereocenters. The Morgan fingerprint density at radius 2 is 2.25 bits per heavy atom. The summed E-state index contributed by atoms with van der Waals surface area (Å²) in [5.41, 5.74) is 2.30. The lowest BCUT2D eigenvalue weighted by Crippen LogP contribution is -2.31. The van der Waals surface area contributed by atoms with E-state index in [1.807, 2.05) is 11.8 Å². The monoisotopic (exact) mass is 290 g/mol. The van der Waals surface area contributed by atoms with Gasteiger partial charge in [-0.05, 0) is 36.5 Å². The van der Waals surface area contributed by atoms with Crippen molar-refractivity contribution in [1.29, 1.82) is 0 Å². The molecule has 0 spiro atoms. The summed E-state index contributed by atoms with van der Waals surface area (Å²) in [5.74, 6) is 2.02. The van der Waals surface area contributed by atoms with Gasteiger partial charge in [0.15, 0.2) is 5.17 Å². The molecule has 4 heteroatoms. The van der Waals surface area contributed by atoms with Gasteiger partial charge in [-0.3, -0.25) is 4.99 Å². The first-order valence-electron chi connectivity index (χ1n) is 7.40. The normalized spacial score (nSPS) is 25.8. The molecule has 108 valence electrons. The molecule has 1 aliphatic heterocycles. The average Bonchev–Trinajstić information content (AvgIpc) is 2.48. The fourth-order valence-electron chi connectivity index (χ4n) is 3.02. The molecular formula is C16H22N2OS. The Morgan fingerprint density at radius 1 is 1.35 bits per heavy atom. The first kappa shape index (κ1) is 14.0. The topological polar surface area (TPSA) is 33.6 Å². The number of thioether (sulfide) groups is 1. The highest BCUT2D eigenvalue weighted by molar-refractivity contribution is 8.14. The van der Waals surface area contributed by atoms with E-state index in [0.29, 0.717) is 12.6 Å². The van der Waals surface area contributed by atoms with Crippen LogP contribution in [0.4, 0.5) is 5.69 Å². The highest BCUT2D eigenvalue weighted by Crippen LogP contribution is 2.34. The zero-order valence-corrected chi connectivity index (χ0v) is 12.8. The minimum Gasteiger partial charge on any atom is -0.380 e. The predicted octanol–water partition coefficient (Wildman–Crippen LogP) is 3.91. The lowest BCUT2D eigenvalue weighted by atomic mass is 9.86. The van der Waals surface area contributed by atoms with E-state index in [4.69, 9.17) is 9.73 Å². The first-order chi connectivity index (χ1) is 9.85. The van der Waals surface area contributed by atoms with E-state index in [9.17, 15) is 0 Å². The molecule has 20 heavy (non-hydrogen) atoms. The number of aliphatic imine (C=N–C) groups is 1. The largest absolute Gasteiger partial charge is 0.380 e. The average molecular weight is 290 g/mol. The van der Waals surface area contributed by atoms with Gasteiger partial charge in [-0.2, -0.15) is 0 Å². The number of nitrogens with one attached hydrogen (secondary N) is 1. The lowest BCUT2D eigenvalue weighted by Gasteiger charge is -2.32. The molecule has 1 aromatic carbocycles. The smallest absolute Gasteiger partial charge is 0.161 e. The second-order valence-electron chi connectivity index (χ2n) is 5.62. The van der Waals surface area contributed by atoms with Gasteiger partial charge in [0.05, 0.1) is 12.6 Å². The number of fused-ring (bicyclic) bond motifs is 1. The minimum absolute atomic E-state index is 0.551. The Morgan fingerprint density at radius 3 is 3.15 bits per heavy atom. The van der Waals surface area contributed by atoms with Crippen LogP contribution >= 0.6 is 11.8 Å². The zero-order valence-electron chi connectivity index (χ0n) is 12.0. The Labute approximate surface area is 125 Å². The van der Waals surface area contributed by atoms with Crippen molar-refractivity contribution >= 4 is 22.6 Å². The number of methoxy groups -OCH3 is 1. The maximum absolute atomic E-state index is 5.18. The summed E-state index contributed by atoms with van der Waals surface area (Å²) >= 11 is 1.87. The van der Waals surface area contributed by atoms with E-state index < -0.39 is 0 Å². The third-order valence-electron chi connectivity index (χ3n) is 4.08. The van der Waals surface area contributed by atoms with Gasteiger partial charge in [-0.15, -0.1) is 0 Å². The van der Waals surface area contributed by atoms with Crippen molar-refractivity contribution in [2.75, 3.05) is 18.2 Å². The van der Waals surface area contributed by atoms with Crippen molar-refractivity contribution in [2.45, 2.75) is 38.3 Å². The fraction of sp³-hybridized carbons (Fsp3) is 0.562. The fourth-order valence-corrected chi connectivity index (χ4v) is 4.18. The summed E-state index contributed by atoms with van der Waals surface area (Å²) in [4.78, 5) is 4.91. The van der Waals surface area contributed by atoms with Gasteiger partial charge in [0.25, 0.3) is 0 Å². The number of hydrogen-bond donors (Lipinski definition) is 1. The van der Waals surface area contributed by atoms with Gasteiger partial charge in [0.1, 0.15) is 0 Å². The number of benzene rings is 1. The van der Waals surface area contributed by atoms with Crippen LogP contribution in [0.5, 0.6) is 0 Å². The first-order valence-corrected chi connectivity index (χ1v) is 8.39. The number of anilines is 1. The SMILES string of the molecule is COCc1cccc(NC2=NC3CCCCC3CS2)c1.